The number of aliphatic hydroxyl groups is 1. The molecule has 0 amide bonds. The lowest BCUT2D eigenvalue weighted by atomic mass is 10.3. The molecule has 1 heterocycles. The highest BCUT2D eigenvalue weighted by molar-refractivity contribution is 6.43. The van der Waals surface area contributed by atoms with Crippen LogP contribution in [0, 0.1) is 0 Å². The van der Waals surface area contributed by atoms with Crippen LogP contribution >= 0.6 is 46.4 Å². The molecule has 3 nitrogen and oxygen atoms in total. The van der Waals surface area contributed by atoms with Crippen LogP contribution in [0.2, 0.25) is 20.1 Å². The summed E-state index contributed by atoms with van der Waals surface area (Å²) in [5, 5.41) is 10.4. The molecule has 100 valence electrons. The molecule has 0 aliphatic rings. The van der Waals surface area contributed by atoms with Gasteiger partial charge in [-0.1, -0.05) is 46.4 Å². The topological polar surface area (TPSA) is 42.4 Å². The second-order valence-electron chi connectivity index (χ2n) is 3.53. The zero-order chi connectivity index (χ0) is 14.0. The SMILES string of the molecule is OCc1nc(Oc2cc(Cl)c(Cl)cc2Cl)ccc1Cl. The molecular weight excluding hydrogens is 332 g/mol. The largest absolute Gasteiger partial charge is 0.437 e. The highest BCUT2D eigenvalue weighted by atomic mass is 35.5. The summed E-state index contributed by atoms with van der Waals surface area (Å²) < 4.78 is 5.49. The minimum absolute atomic E-state index is 0.244. The molecule has 2 aromatic rings. The van der Waals surface area contributed by atoms with Crippen LogP contribution in [0.25, 0.3) is 0 Å². The number of rotatable bonds is 3. The molecule has 0 saturated carbocycles. The number of aromatic nitrogens is 1. The van der Waals surface area contributed by atoms with E-state index in [4.69, 9.17) is 56.2 Å². The van der Waals surface area contributed by atoms with Gasteiger partial charge in [-0.15, -0.1) is 0 Å². The molecule has 1 N–H and O–H groups in total. The summed E-state index contributed by atoms with van der Waals surface area (Å²) in [6.45, 7) is -0.287. The van der Waals surface area contributed by atoms with Gasteiger partial charge in [0.05, 0.1) is 32.4 Å². The molecule has 0 unspecified atom stereocenters. The van der Waals surface area contributed by atoms with Crippen LogP contribution in [0.1, 0.15) is 5.69 Å². The molecule has 0 fully saturated rings. The standard InChI is InChI=1S/C12H7Cl4NO2/c13-6-1-2-12(17-10(6)5-18)19-11-4-8(15)7(14)3-9(11)16/h1-4,18H,5H2. The van der Waals surface area contributed by atoms with E-state index in [1.807, 2.05) is 0 Å². The van der Waals surface area contributed by atoms with Crippen LogP contribution in [0.5, 0.6) is 11.6 Å². The monoisotopic (exact) mass is 337 g/mol. The van der Waals surface area contributed by atoms with Crippen LogP contribution in [0.3, 0.4) is 0 Å². The molecular formula is C12H7Cl4NO2. The van der Waals surface area contributed by atoms with Crippen molar-refractivity contribution in [3.8, 4) is 11.6 Å². The number of hydrogen-bond acceptors (Lipinski definition) is 3. The molecule has 0 radical (unpaired) electrons. The van der Waals surface area contributed by atoms with Gasteiger partial charge in [0.25, 0.3) is 0 Å². The summed E-state index contributed by atoms with van der Waals surface area (Å²) >= 11 is 23.5. The Kier molecular flexibility index (Phi) is 4.76. The van der Waals surface area contributed by atoms with Crippen molar-refractivity contribution in [2.45, 2.75) is 6.61 Å². The predicted octanol–water partition coefficient (Wildman–Crippen LogP) is 4.98. The van der Waals surface area contributed by atoms with E-state index in [1.54, 1.807) is 12.1 Å². The van der Waals surface area contributed by atoms with Gasteiger partial charge in [0, 0.05) is 12.1 Å². The van der Waals surface area contributed by atoms with Crippen molar-refractivity contribution in [2.75, 3.05) is 0 Å². The zero-order valence-electron chi connectivity index (χ0n) is 9.33. The van der Waals surface area contributed by atoms with Crippen molar-refractivity contribution in [2.24, 2.45) is 0 Å². The zero-order valence-corrected chi connectivity index (χ0v) is 12.4. The number of aliphatic hydroxyl groups excluding tert-OH is 1. The maximum Gasteiger partial charge on any atom is 0.219 e. The molecule has 2 rings (SSSR count). The Morgan fingerprint density at radius 3 is 2.32 bits per heavy atom. The second kappa shape index (κ2) is 6.16. The number of hydrogen-bond donors (Lipinski definition) is 1. The minimum atomic E-state index is -0.287. The molecule has 0 aliphatic heterocycles. The summed E-state index contributed by atoms with van der Waals surface area (Å²) in [5.41, 5.74) is 0.315. The number of halogens is 4. The Morgan fingerprint density at radius 2 is 1.63 bits per heavy atom. The van der Waals surface area contributed by atoms with Crippen molar-refractivity contribution in [1.29, 1.82) is 0 Å². The van der Waals surface area contributed by atoms with Crippen LogP contribution < -0.4 is 4.74 Å². The smallest absolute Gasteiger partial charge is 0.219 e. The molecule has 7 heteroatoms. The number of pyridine rings is 1. The molecule has 19 heavy (non-hydrogen) atoms. The van der Waals surface area contributed by atoms with Crippen molar-refractivity contribution < 1.29 is 9.84 Å². The summed E-state index contributed by atoms with van der Waals surface area (Å²) in [6.07, 6.45) is 0. The van der Waals surface area contributed by atoms with Crippen molar-refractivity contribution >= 4 is 46.4 Å². The first-order chi connectivity index (χ1) is 9.01. The lowest BCUT2D eigenvalue weighted by molar-refractivity contribution is 0.275. The highest BCUT2D eigenvalue weighted by Crippen LogP contribution is 2.36. The first-order valence-corrected chi connectivity index (χ1v) is 6.61. The third kappa shape index (κ3) is 3.44. The maximum atomic E-state index is 9.08. The number of benzene rings is 1. The summed E-state index contributed by atoms with van der Waals surface area (Å²) in [7, 11) is 0. The van der Waals surface area contributed by atoms with Gasteiger partial charge in [0.15, 0.2) is 0 Å². The van der Waals surface area contributed by atoms with E-state index < -0.39 is 0 Å². The molecule has 0 atom stereocenters. The van der Waals surface area contributed by atoms with Crippen LogP contribution in [0.4, 0.5) is 0 Å². The molecule has 1 aromatic heterocycles. The lowest BCUT2D eigenvalue weighted by Gasteiger charge is -2.09. The van der Waals surface area contributed by atoms with Gasteiger partial charge in [-0.3, -0.25) is 0 Å². The highest BCUT2D eigenvalue weighted by Gasteiger charge is 2.10. The summed E-state index contributed by atoms with van der Waals surface area (Å²) in [6, 6.07) is 6.09. The van der Waals surface area contributed by atoms with Crippen LogP contribution in [0.15, 0.2) is 24.3 Å². The van der Waals surface area contributed by atoms with E-state index in [9.17, 15) is 0 Å². The Labute approximate surface area is 129 Å². The Bertz CT molecular complexity index is 619. The first kappa shape index (κ1) is 14.7. The van der Waals surface area contributed by atoms with E-state index >= 15 is 0 Å². The number of ether oxygens (including phenoxy) is 1. The molecule has 0 aliphatic carbocycles. The van der Waals surface area contributed by atoms with Gasteiger partial charge in [-0.05, 0) is 12.1 Å². The molecule has 0 spiro atoms. The molecule has 0 bridgehead atoms. The summed E-state index contributed by atoms with van der Waals surface area (Å²) in [5.74, 6) is 0.559. The third-order valence-electron chi connectivity index (χ3n) is 2.23. The normalized spacial score (nSPS) is 10.6. The van der Waals surface area contributed by atoms with E-state index in [2.05, 4.69) is 4.98 Å². The average Bonchev–Trinajstić information content (AvgIpc) is 2.38. The van der Waals surface area contributed by atoms with E-state index in [0.717, 1.165) is 0 Å². The Hall–Kier alpha value is -0.710. The van der Waals surface area contributed by atoms with Crippen molar-refractivity contribution in [3.05, 3.63) is 50.0 Å². The maximum absolute atomic E-state index is 9.08. The van der Waals surface area contributed by atoms with Crippen molar-refractivity contribution in [1.82, 2.24) is 4.98 Å². The quantitative estimate of drug-likeness (QED) is 0.802. The fourth-order valence-electron chi connectivity index (χ4n) is 1.33. The van der Waals surface area contributed by atoms with Gasteiger partial charge in [0.2, 0.25) is 5.88 Å². The van der Waals surface area contributed by atoms with Gasteiger partial charge in [-0.2, -0.15) is 0 Å². The number of nitrogens with zero attached hydrogens (tertiary/aromatic N) is 1. The van der Waals surface area contributed by atoms with Crippen LogP contribution in [-0.4, -0.2) is 10.1 Å². The first-order valence-electron chi connectivity index (χ1n) is 5.10. The lowest BCUT2D eigenvalue weighted by Crippen LogP contribution is -1.95. The summed E-state index contributed by atoms with van der Waals surface area (Å²) in [4.78, 5) is 4.04. The van der Waals surface area contributed by atoms with E-state index in [0.29, 0.717) is 31.5 Å². The molecule has 0 saturated heterocycles. The average molecular weight is 339 g/mol. The second-order valence-corrected chi connectivity index (χ2v) is 5.16. The van der Waals surface area contributed by atoms with Gasteiger partial charge in [-0.25, -0.2) is 4.98 Å². The predicted molar refractivity (Wildman–Crippen MR) is 76.7 cm³/mol. The van der Waals surface area contributed by atoms with Crippen LogP contribution in [-0.2, 0) is 6.61 Å². The Balaban J connectivity index is 2.33. The van der Waals surface area contributed by atoms with Gasteiger partial charge in [0.1, 0.15) is 5.75 Å². The third-order valence-corrected chi connectivity index (χ3v) is 3.59. The van der Waals surface area contributed by atoms with Gasteiger partial charge < -0.3 is 9.84 Å². The fourth-order valence-corrected chi connectivity index (χ4v) is 2.07. The van der Waals surface area contributed by atoms with Crippen molar-refractivity contribution in [3.63, 3.8) is 0 Å². The van der Waals surface area contributed by atoms with E-state index in [-0.39, 0.29) is 12.5 Å². The Morgan fingerprint density at radius 1 is 0.947 bits per heavy atom. The van der Waals surface area contributed by atoms with Gasteiger partial charge >= 0.3 is 0 Å². The fraction of sp³-hybridized carbons (Fsp3) is 0.0833. The van der Waals surface area contributed by atoms with E-state index in [1.165, 1.54) is 12.1 Å². The molecule has 1 aromatic carbocycles. The minimum Gasteiger partial charge on any atom is -0.437 e.